The Hall–Kier alpha value is -3.99. The average molecular weight is 660 g/mol. The van der Waals surface area contributed by atoms with Crippen LogP contribution < -0.4 is 9.64 Å². The van der Waals surface area contributed by atoms with Gasteiger partial charge < -0.3 is 23.9 Å². The molecule has 0 radical (unpaired) electrons. The molecule has 48 heavy (non-hydrogen) atoms. The van der Waals surface area contributed by atoms with E-state index >= 15 is 0 Å². The predicted molar refractivity (Wildman–Crippen MR) is 181 cm³/mol. The van der Waals surface area contributed by atoms with E-state index < -0.39 is 5.60 Å². The maximum atomic E-state index is 14.3. The van der Waals surface area contributed by atoms with Crippen LogP contribution in [0.15, 0.2) is 41.1 Å². The first-order valence-electron chi connectivity index (χ1n) is 17.4. The summed E-state index contributed by atoms with van der Waals surface area (Å²) in [5.41, 5.74) is 2.76. The molecule has 3 aliphatic rings. The van der Waals surface area contributed by atoms with E-state index in [2.05, 4.69) is 11.1 Å². The molecule has 0 atom stereocenters. The highest BCUT2D eigenvalue weighted by molar-refractivity contribution is 5.94. The lowest BCUT2D eigenvalue weighted by Gasteiger charge is -2.44. The molecule has 2 saturated carbocycles. The van der Waals surface area contributed by atoms with Gasteiger partial charge in [0, 0.05) is 41.8 Å². The van der Waals surface area contributed by atoms with Gasteiger partial charge in [-0.05, 0) is 95.4 Å². The number of anilines is 1. The zero-order valence-electron chi connectivity index (χ0n) is 28.9. The Morgan fingerprint density at radius 2 is 1.79 bits per heavy atom. The molecular formula is C37H49N5O6. The topological polar surface area (TPSA) is 131 Å². The number of carbonyl (C=O) groups excluding carboxylic acids is 2. The van der Waals surface area contributed by atoms with Crippen molar-refractivity contribution in [2.75, 3.05) is 31.6 Å². The van der Waals surface area contributed by atoms with Crippen LogP contribution >= 0.6 is 0 Å². The molecule has 3 aromatic rings. The fourth-order valence-electron chi connectivity index (χ4n) is 7.39. The van der Waals surface area contributed by atoms with E-state index in [9.17, 15) is 14.7 Å². The first-order chi connectivity index (χ1) is 23.0. The summed E-state index contributed by atoms with van der Waals surface area (Å²) in [7, 11) is 1.67. The van der Waals surface area contributed by atoms with E-state index in [-0.39, 0.29) is 43.0 Å². The summed E-state index contributed by atoms with van der Waals surface area (Å²) in [6.07, 6.45) is 9.35. The molecular weight excluding hydrogens is 610 g/mol. The third kappa shape index (κ3) is 7.66. The van der Waals surface area contributed by atoms with Gasteiger partial charge in [-0.2, -0.15) is 0 Å². The fraction of sp³-hybridized carbons (Fsp3) is 0.595. The summed E-state index contributed by atoms with van der Waals surface area (Å²) in [4.78, 5) is 44.5. The van der Waals surface area contributed by atoms with Crippen molar-refractivity contribution >= 4 is 17.8 Å². The molecule has 11 nitrogen and oxygen atoms in total. The monoisotopic (exact) mass is 659 g/mol. The van der Waals surface area contributed by atoms with Crippen LogP contribution in [0.2, 0.25) is 0 Å². The number of pyridine rings is 2. The maximum Gasteiger partial charge on any atom is 0.410 e. The highest BCUT2D eigenvalue weighted by Crippen LogP contribution is 2.38. The van der Waals surface area contributed by atoms with Crippen LogP contribution in [0, 0.1) is 18.8 Å². The smallest absolute Gasteiger partial charge is 0.410 e. The average Bonchev–Trinajstić information content (AvgIpc) is 3.58. The zero-order chi connectivity index (χ0) is 34.0. The summed E-state index contributed by atoms with van der Waals surface area (Å²) in [5.74, 6) is 2.88. The van der Waals surface area contributed by atoms with Gasteiger partial charge in [0.05, 0.1) is 31.5 Å². The number of aryl methyl sites for hydroxylation is 1. The van der Waals surface area contributed by atoms with Crippen LogP contribution in [-0.2, 0) is 9.53 Å². The van der Waals surface area contributed by atoms with Crippen LogP contribution in [0.25, 0.3) is 11.3 Å². The molecule has 1 N–H and O–H groups in total. The number of ether oxygens (including phenoxy) is 2. The summed E-state index contributed by atoms with van der Waals surface area (Å²) in [6.45, 7) is 8.94. The highest BCUT2D eigenvalue weighted by Gasteiger charge is 2.42. The number of hydrogen-bond donors (Lipinski definition) is 1. The van der Waals surface area contributed by atoms with Crippen molar-refractivity contribution in [1.29, 1.82) is 0 Å². The van der Waals surface area contributed by atoms with Crippen molar-refractivity contribution in [1.82, 2.24) is 19.9 Å². The molecule has 3 fully saturated rings. The van der Waals surface area contributed by atoms with E-state index in [0.717, 1.165) is 54.1 Å². The minimum atomic E-state index is -0.840. The molecule has 11 heteroatoms. The van der Waals surface area contributed by atoms with Gasteiger partial charge in [0.1, 0.15) is 29.6 Å². The Balaban J connectivity index is 1.14. The normalized spacial score (nSPS) is 23.8. The summed E-state index contributed by atoms with van der Waals surface area (Å²) in [5, 5.41) is 9.98. The van der Waals surface area contributed by atoms with Crippen LogP contribution in [-0.4, -0.2) is 75.4 Å². The predicted octanol–water partition coefficient (Wildman–Crippen LogP) is 6.64. The summed E-state index contributed by atoms with van der Waals surface area (Å²) >= 11 is 0. The van der Waals surface area contributed by atoms with Gasteiger partial charge in [-0.25, -0.2) is 14.8 Å². The molecule has 258 valence electrons. The van der Waals surface area contributed by atoms with Crippen molar-refractivity contribution in [3.05, 3.63) is 54.0 Å². The van der Waals surface area contributed by atoms with Crippen molar-refractivity contribution in [2.24, 2.45) is 11.8 Å². The minimum absolute atomic E-state index is 0.0702. The fourth-order valence-corrected chi connectivity index (χ4v) is 7.39. The first kappa shape index (κ1) is 33.9. The molecule has 6 rings (SSSR count). The second-order valence-electron chi connectivity index (χ2n) is 14.5. The van der Waals surface area contributed by atoms with Gasteiger partial charge in [0.25, 0.3) is 0 Å². The number of hydrogen-bond acceptors (Lipinski definition) is 9. The number of oxazole rings is 1. The third-order valence-electron chi connectivity index (χ3n) is 10.2. The number of aromatic nitrogens is 3. The second-order valence-corrected chi connectivity index (χ2v) is 14.5. The van der Waals surface area contributed by atoms with Crippen molar-refractivity contribution in [2.45, 2.75) is 103 Å². The summed E-state index contributed by atoms with van der Waals surface area (Å²) < 4.78 is 16.9. The molecule has 0 bridgehead atoms. The van der Waals surface area contributed by atoms with Crippen LogP contribution in [0.1, 0.15) is 101 Å². The molecule has 3 aromatic heterocycles. The molecule has 0 spiro atoms. The Bertz CT molecular complexity index is 1580. The Morgan fingerprint density at radius 3 is 2.42 bits per heavy atom. The van der Waals surface area contributed by atoms with Gasteiger partial charge in [-0.1, -0.05) is 13.8 Å². The van der Waals surface area contributed by atoms with E-state index in [0.29, 0.717) is 55.8 Å². The lowest BCUT2D eigenvalue weighted by Crippen LogP contribution is -2.62. The lowest BCUT2D eigenvalue weighted by molar-refractivity contribution is -0.124. The number of likely N-dealkylation sites (tertiary alicyclic amines) is 1. The van der Waals surface area contributed by atoms with Gasteiger partial charge >= 0.3 is 6.09 Å². The van der Waals surface area contributed by atoms with E-state index in [1.807, 2.05) is 43.9 Å². The summed E-state index contributed by atoms with van der Waals surface area (Å²) in [6, 6.07) is 7.94. The lowest BCUT2D eigenvalue weighted by atomic mass is 9.79. The molecule has 1 saturated heterocycles. The Morgan fingerprint density at radius 1 is 1.06 bits per heavy atom. The van der Waals surface area contributed by atoms with Crippen LogP contribution in [0.5, 0.6) is 5.75 Å². The maximum absolute atomic E-state index is 14.3. The number of aliphatic hydroxyl groups is 1. The number of amides is 2. The number of carbonyl (C=O) groups is 2. The van der Waals surface area contributed by atoms with Crippen molar-refractivity contribution in [3.8, 4) is 17.0 Å². The van der Waals surface area contributed by atoms with Crippen molar-refractivity contribution < 1.29 is 28.6 Å². The van der Waals surface area contributed by atoms with E-state index in [1.165, 1.54) is 4.90 Å². The molecule has 4 heterocycles. The minimum Gasteiger partial charge on any atom is -0.495 e. The largest absolute Gasteiger partial charge is 0.495 e. The van der Waals surface area contributed by atoms with Gasteiger partial charge in [0.2, 0.25) is 5.91 Å². The SMILES string of the molecule is COc1ccc(C2CCC(CN(C(=O)C3CCC(OC(=O)N4CC(C)(O)C4)CC3)c3cc(-c4coc(C(C)C)n4)ccn3)CC2)nc1C. The number of β-amino-alcohol motifs (C(OH)–C–C–N with tert-alkyl or cyclic N) is 1. The standard InChI is InChI=1S/C37H49N5O6/c1-23(2)34-40-31(20-47-34)28-16-17-38-33(18-28)42(19-25-6-8-26(9-7-25)30-14-15-32(46-5)24(3)39-30)35(43)27-10-12-29(13-11-27)48-36(44)41-21-37(4,45)22-41/h14-18,20,23,25-27,29,45H,6-13,19,21-22H2,1-5H3. The van der Waals surface area contributed by atoms with Crippen LogP contribution in [0.3, 0.4) is 0 Å². The Labute approximate surface area is 283 Å². The quantitative estimate of drug-likeness (QED) is 0.269. The van der Waals surface area contributed by atoms with Gasteiger partial charge in [0.15, 0.2) is 5.89 Å². The van der Waals surface area contributed by atoms with E-state index in [4.69, 9.17) is 23.9 Å². The van der Waals surface area contributed by atoms with Gasteiger partial charge in [-0.15, -0.1) is 0 Å². The van der Waals surface area contributed by atoms with Crippen LogP contribution in [0.4, 0.5) is 10.6 Å². The van der Waals surface area contributed by atoms with E-state index in [1.54, 1.807) is 26.5 Å². The molecule has 2 amide bonds. The number of nitrogens with zero attached hydrogens (tertiary/aromatic N) is 5. The van der Waals surface area contributed by atoms with Crippen molar-refractivity contribution in [3.63, 3.8) is 0 Å². The second kappa shape index (κ2) is 14.2. The zero-order valence-corrected chi connectivity index (χ0v) is 28.9. The highest BCUT2D eigenvalue weighted by atomic mass is 16.6. The van der Waals surface area contributed by atoms with Gasteiger partial charge in [-0.3, -0.25) is 14.7 Å². The first-order valence-corrected chi connectivity index (χ1v) is 17.4. The number of methoxy groups -OCH3 is 1. The Kier molecular flexibility index (Phi) is 10.1. The molecule has 0 aromatic carbocycles. The molecule has 2 aliphatic carbocycles. The third-order valence-corrected chi connectivity index (χ3v) is 10.2. The molecule has 0 unspecified atom stereocenters. The molecule has 1 aliphatic heterocycles. The number of rotatable bonds is 9.